The van der Waals surface area contributed by atoms with Gasteiger partial charge >= 0.3 is 4.96 Å². The third-order valence-corrected chi connectivity index (χ3v) is 5.13. The predicted octanol–water partition coefficient (Wildman–Crippen LogP) is 0.0292. The summed E-state index contributed by atoms with van der Waals surface area (Å²) in [7, 11) is -0.848. The molecule has 0 aliphatic heterocycles. The summed E-state index contributed by atoms with van der Waals surface area (Å²) in [6.45, 7) is 0. The topological polar surface area (TPSA) is 112 Å². The monoisotopic (exact) mass is 457 g/mol. The molecule has 0 unspecified atom stereocenters. The first-order chi connectivity index (χ1) is 14.7. The van der Waals surface area contributed by atoms with Crippen molar-refractivity contribution in [3.05, 3.63) is 83.5 Å². The van der Waals surface area contributed by atoms with E-state index >= 15 is 0 Å². The fraction of sp³-hybridized carbons (Fsp3) is 0.0909. The van der Waals surface area contributed by atoms with Gasteiger partial charge in [0.25, 0.3) is 0 Å². The van der Waals surface area contributed by atoms with Crippen LogP contribution in [0.5, 0.6) is 0 Å². The zero-order valence-electron chi connectivity index (χ0n) is 16.8. The van der Waals surface area contributed by atoms with Crippen LogP contribution in [-0.4, -0.2) is 19.1 Å². The van der Waals surface area contributed by atoms with Crippen molar-refractivity contribution in [2.24, 2.45) is 0 Å². The Morgan fingerprint density at radius 3 is 2.16 bits per heavy atom. The van der Waals surface area contributed by atoms with Crippen molar-refractivity contribution in [1.82, 2.24) is 4.98 Å². The highest BCUT2D eigenvalue weighted by molar-refractivity contribution is 7.14. The third-order valence-electron chi connectivity index (χ3n) is 4.29. The maximum absolute atomic E-state index is 8.49. The molecule has 2 aromatic heterocycles. The molecule has 0 atom stereocenters. The van der Waals surface area contributed by atoms with Crippen LogP contribution in [0, 0.1) is 10.2 Å². The lowest BCUT2D eigenvalue weighted by atomic mass is 10.1. The summed E-state index contributed by atoms with van der Waals surface area (Å²) in [5, 5.41) is 2.16. The molecule has 0 bridgehead atoms. The zero-order valence-corrected chi connectivity index (χ0v) is 18.4. The minimum absolute atomic E-state index is 0.961. The number of fused-ring (bicyclic) bond motifs is 1. The molecule has 0 saturated heterocycles. The van der Waals surface area contributed by atoms with Crippen molar-refractivity contribution in [2.75, 3.05) is 19.0 Å². The SMILES string of the molecule is CN(C)c1ccc(/C=C/c2cc[n+]3c(-c4ccccc4)csc3n2)cc1.[O-][Cl+3]([O-])([O-])[O-]. The molecule has 0 aliphatic rings. The van der Waals surface area contributed by atoms with Gasteiger partial charge in [-0.05, 0) is 40.1 Å². The number of aromatic nitrogens is 2. The van der Waals surface area contributed by atoms with Crippen LogP contribution >= 0.6 is 11.3 Å². The molecule has 160 valence electrons. The van der Waals surface area contributed by atoms with Gasteiger partial charge in [-0.2, -0.15) is 4.40 Å². The minimum Gasteiger partial charge on any atom is -0.378 e. The summed E-state index contributed by atoms with van der Waals surface area (Å²) in [4.78, 5) is 7.86. The molecular weight excluding hydrogens is 438 g/mol. The van der Waals surface area contributed by atoms with E-state index in [9.17, 15) is 0 Å². The van der Waals surface area contributed by atoms with Crippen molar-refractivity contribution >= 4 is 34.1 Å². The van der Waals surface area contributed by atoms with Crippen LogP contribution < -0.4 is 27.9 Å². The van der Waals surface area contributed by atoms with Crippen molar-refractivity contribution in [1.29, 1.82) is 0 Å². The van der Waals surface area contributed by atoms with Crippen molar-refractivity contribution in [3.8, 4) is 11.3 Å². The van der Waals surface area contributed by atoms with E-state index in [-0.39, 0.29) is 0 Å². The second-order valence-corrected chi connectivity index (χ2v) is 8.28. The summed E-state index contributed by atoms with van der Waals surface area (Å²) in [6, 6.07) is 21.0. The molecule has 0 aliphatic carbocycles. The molecule has 4 rings (SSSR count). The highest BCUT2D eigenvalue weighted by Gasteiger charge is 2.14. The number of anilines is 1. The average Bonchev–Trinajstić information content (AvgIpc) is 3.15. The largest absolute Gasteiger partial charge is 0.387 e. The van der Waals surface area contributed by atoms with Crippen LogP contribution in [-0.2, 0) is 0 Å². The Balaban J connectivity index is 0.000000491. The van der Waals surface area contributed by atoms with E-state index in [4.69, 9.17) is 23.6 Å². The summed E-state index contributed by atoms with van der Waals surface area (Å²) in [6.07, 6.45) is 6.26. The average molecular weight is 458 g/mol. The van der Waals surface area contributed by atoms with Gasteiger partial charge in [-0.15, -0.1) is 10.2 Å². The minimum atomic E-state index is -4.94. The zero-order chi connectivity index (χ0) is 22.4. The molecule has 7 nitrogen and oxygen atoms in total. The summed E-state index contributed by atoms with van der Waals surface area (Å²) < 4.78 is 36.1. The molecule has 4 aromatic rings. The molecule has 0 fully saturated rings. The van der Waals surface area contributed by atoms with Crippen LogP contribution in [0.2, 0.25) is 0 Å². The standard InChI is InChI=1S/C22H20N3S.ClHO4/c1-24(2)20-12-9-17(10-13-20)8-11-19-14-15-25-21(16-26-22(25)23-19)18-6-4-3-5-7-18;2-1(3,4)5/h3-16H,1-2H3;(H,2,3,4,5)/q+1;/p-1. The van der Waals surface area contributed by atoms with E-state index in [2.05, 4.69) is 87.6 Å². The second-order valence-electron chi connectivity index (χ2n) is 6.69. The number of nitrogens with zero attached hydrogens (tertiary/aromatic N) is 3. The van der Waals surface area contributed by atoms with E-state index in [0.29, 0.717) is 0 Å². The highest BCUT2D eigenvalue weighted by Crippen LogP contribution is 2.20. The van der Waals surface area contributed by atoms with E-state index in [1.165, 1.54) is 22.5 Å². The molecule has 0 radical (unpaired) electrons. The Labute approximate surface area is 186 Å². The van der Waals surface area contributed by atoms with Gasteiger partial charge in [0.1, 0.15) is 6.20 Å². The van der Waals surface area contributed by atoms with E-state index in [0.717, 1.165) is 10.7 Å². The van der Waals surface area contributed by atoms with Crippen LogP contribution in [0.1, 0.15) is 11.3 Å². The quantitative estimate of drug-likeness (QED) is 0.399. The molecule has 0 N–H and O–H groups in total. The molecule has 2 aromatic carbocycles. The Morgan fingerprint density at radius 1 is 0.903 bits per heavy atom. The predicted molar refractivity (Wildman–Crippen MR) is 110 cm³/mol. The van der Waals surface area contributed by atoms with Crippen molar-refractivity contribution in [2.45, 2.75) is 0 Å². The molecular formula is C22H20ClN3O4S. The summed E-state index contributed by atoms with van der Waals surface area (Å²) >= 11 is 1.66. The molecule has 0 spiro atoms. The van der Waals surface area contributed by atoms with Crippen molar-refractivity contribution in [3.63, 3.8) is 0 Å². The first-order valence-electron chi connectivity index (χ1n) is 9.13. The number of rotatable bonds is 4. The number of benzene rings is 2. The Bertz CT molecular complexity index is 1150. The van der Waals surface area contributed by atoms with Crippen LogP contribution in [0.3, 0.4) is 0 Å². The van der Waals surface area contributed by atoms with E-state index in [1.54, 1.807) is 11.3 Å². The number of hydrogen-bond acceptors (Lipinski definition) is 7. The summed E-state index contributed by atoms with van der Waals surface area (Å²) in [5.74, 6) is 0. The van der Waals surface area contributed by atoms with E-state index < -0.39 is 10.2 Å². The second kappa shape index (κ2) is 9.97. The number of halogens is 1. The van der Waals surface area contributed by atoms with Crippen LogP contribution in [0.4, 0.5) is 5.69 Å². The van der Waals surface area contributed by atoms with Gasteiger partial charge in [0.05, 0.1) is 0 Å². The molecule has 0 saturated carbocycles. The van der Waals surface area contributed by atoms with Gasteiger partial charge in [0.2, 0.25) is 0 Å². The maximum Gasteiger partial charge on any atom is 0.387 e. The lowest BCUT2D eigenvalue weighted by molar-refractivity contribution is -2.00. The Morgan fingerprint density at radius 2 is 1.55 bits per heavy atom. The molecule has 2 heterocycles. The fourth-order valence-corrected chi connectivity index (χ4v) is 3.72. The van der Waals surface area contributed by atoms with Gasteiger partial charge in [-0.3, -0.25) is 0 Å². The van der Waals surface area contributed by atoms with Gasteiger partial charge < -0.3 is 4.90 Å². The molecule has 9 heteroatoms. The van der Waals surface area contributed by atoms with Gasteiger partial charge in [0.15, 0.2) is 11.4 Å². The van der Waals surface area contributed by atoms with Gasteiger partial charge in [0, 0.05) is 36.8 Å². The normalized spacial score (nSPS) is 11.4. The smallest absolute Gasteiger partial charge is 0.378 e. The third kappa shape index (κ3) is 6.83. The van der Waals surface area contributed by atoms with Crippen LogP contribution in [0.25, 0.3) is 28.4 Å². The van der Waals surface area contributed by atoms with Crippen LogP contribution in [0.15, 0.2) is 72.2 Å². The lowest BCUT2D eigenvalue weighted by Gasteiger charge is -2.17. The Kier molecular flexibility index (Phi) is 7.34. The van der Waals surface area contributed by atoms with Gasteiger partial charge in [-0.25, -0.2) is 18.6 Å². The summed E-state index contributed by atoms with van der Waals surface area (Å²) in [5.41, 5.74) is 5.71. The first-order valence-corrected chi connectivity index (χ1v) is 11.2. The Hall–Kier alpha value is -2.85. The highest BCUT2D eigenvalue weighted by atomic mass is 35.7. The maximum atomic E-state index is 8.49. The lowest BCUT2D eigenvalue weighted by Crippen LogP contribution is -2.68. The van der Waals surface area contributed by atoms with Gasteiger partial charge in [-0.1, -0.05) is 48.5 Å². The molecule has 0 amide bonds. The van der Waals surface area contributed by atoms with E-state index in [1.807, 2.05) is 20.2 Å². The molecule has 31 heavy (non-hydrogen) atoms. The van der Waals surface area contributed by atoms with Crippen molar-refractivity contribution < 1.29 is 33.3 Å². The fourth-order valence-electron chi connectivity index (χ4n) is 2.82. The number of thiazole rings is 1. The first kappa shape index (κ1) is 22.8. The number of hydrogen-bond donors (Lipinski definition) is 0.